The van der Waals surface area contributed by atoms with Crippen molar-refractivity contribution >= 4 is 28.8 Å². The van der Waals surface area contributed by atoms with Crippen LogP contribution in [0.3, 0.4) is 0 Å². The molecule has 0 saturated carbocycles. The van der Waals surface area contributed by atoms with Crippen LogP contribution in [0.25, 0.3) is 21.7 Å². The fourth-order valence-electron chi connectivity index (χ4n) is 1.99. The molecule has 0 spiro atoms. The van der Waals surface area contributed by atoms with Gasteiger partial charge in [0.2, 0.25) is 5.88 Å². The SMILES string of the molecule is Cc1ccc(-c2noc(N)c2-c2ccc(F)cc2Cl)s1. The predicted molar refractivity (Wildman–Crippen MR) is 79.4 cm³/mol. The second kappa shape index (κ2) is 4.92. The number of benzene rings is 1. The lowest BCUT2D eigenvalue weighted by Gasteiger charge is -2.04. The minimum absolute atomic E-state index is 0.166. The zero-order chi connectivity index (χ0) is 14.3. The molecule has 3 rings (SSSR count). The molecule has 0 amide bonds. The summed E-state index contributed by atoms with van der Waals surface area (Å²) in [5.41, 5.74) is 7.67. The van der Waals surface area contributed by atoms with E-state index in [4.69, 9.17) is 21.9 Å². The van der Waals surface area contributed by atoms with Gasteiger partial charge in [-0.25, -0.2) is 4.39 Å². The summed E-state index contributed by atoms with van der Waals surface area (Å²) in [6.45, 7) is 2.00. The average molecular weight is 309 g/mol. The van der Waals surface area contributed by atoms with Crippen LogP contribution in [0.5, 0.6) is 0 Å². The molecule has 1 aromatic carbocycles. The Hall–Kier alpha value is -1.85. The third kappa shape index (κ3) is 2.19. The number of nitrogens with two attached hydrogens (primary N) is 1. The van der Waals surface area contributed by atoms with E-state index in [1.165, 1.54) is 12.1 Å². The molecule has 0 aliphatic heterocycles. The van der Waals surface area contributed by atoms with Crippen molar-refractivity contribution in [1.82, 2.24) is 5.16 Å². The molecule has 102 valence electrons. The first-order chi connectivity index (χ1) is 9.56. The minimum atomic E-state index is -0.401. The highest BCUT2D eigenvalue weighted by molar-refractivity contribution is 7.15. The van der Waals surface area contributed by atoms with Gasteiger partial charge >= 0.3 is 0 Å². The Kier molecular flexibility index (Phi) is 3.23. The summed E-state index contributed by atoms with van der Waals surface area (Å²) >= 11 is 7.67. The van der Waals surface area contributed by atoms with Gasteiger partial charge in [-0.3, -0.25) is 0 Å². The van der Waals surface area contributed by atoms with Gasteiger partial charge in [0, 0.05) is 10.4 Å². The van der Waals surface area contributed by atoms with E-state index in [2.05, 4.69) is 5.16 Å². The van der Waals surface area contributed by atoms with Crippen LogP contribution < -0.4 is 5.73 Å². The maximum Gasteiger partial charge on any atom is 0.230 e. The van der Waals surface area contributed by atoms with Crippen LogP contribution in [0.1, 0.15) is 4.88 Å². The van der Waals surface area contributed by atoms with E-state index in [0.717, 1.165) is 9.75 Å². The Labute approximate surface area is 123 Å². The van der Waals surface area contributed by atoms with E-state index >= 15 is 0 Å². The van der Waals surface area contributed by atoms with Gasteiger partial charge in [-0.15, -0.1) is 11.3 Å². The normalized spacial score (nSPS) is 10.9. The Morgan fingerprint density at radius 3 is 2.75 bits per heavy atom. The van der Waals surface area contributed by atoms with Gasteiger partial charge < -0.3 is 10.3 Å². The number of aromatic nitrogens is 1. The molecule has 3 aromatic rings. The summed E-state index contributed by atoms with van der Waals surface area (Å²) in [4.78, 5) is 2.08. The third-order valence-corrected chi connectivity index (χ3v) is 4.21. The number of rotatable bonds is 2. The lowest BCUT2D eigenvalue weighted by molar-refractivity contribution is 0.439. The van der Waals surface area contributed by atoms with Crippen molar-refractivity contribution < 1.29 is 8.91 Å². The number of nitrogen functional groups attached to an aromatic ring is 1. The van der Waals surface area contributed by atoms with E-state index < -0.39 is 5.82 Å². The van der Waals surface area contributed by atoms with E-state index in [-0.39, 0.29) is 10.9 Å². The number of hydrogen-bond acceptors (Lipinski definition) is 4. The molecule has 3 nitrogen and oxygen atoms in total. The molecule has 0 unspecified atom stereocenters. The van der Waals surface area contributed by atoms with E-state index in [1.54, 1.807) is 17.4 Å². The van der Waals surface area contributed by atoms with Crippen molar-refractivity contribution in [3.63, 3.8) is 0 Å². The standard InChI is InChI=1S/C14H10ClFN2OS/c1-7-2-5-11(20-7)13-12(14(17)19-18-13)9-4-3-8(16)6-10(9)15/h2-6H,17H2,1H3. The highest BCUT2D eigenvalue weighted by Crippen LogP contribution is 2.41. The van der Waals surface area contributed by atoms with Crippen LogP contribution in [0.2, 0.25) is 5.02 Å². The van der Waals surface area contributed by atoms with Crippen LogP contribution in [0.4, 0.5) is 10.3 Å². The number of hydrogen-bond donors (Lipinski definition) is 1. The molecular weight excluding hydrogens is 299 g/mol. The molecule has 0 fully saturated rings. The summed E-state index contributed by atoms with van der Waals surface area (Å²) in [6.07, 6.45) is 0. The summed E-state index contributed by atoms with van der Waals surface area (Å²) in [7, 11) is 0. The molecule has 0 atom stereocenters. The maximum absolute atomic E-state index is 13.2. The van der Waals surface area contributed by atoms with E-state index in [9.17, 15) is 4.39 Å². The van der Waals surface area contributed by atoms with Crippen LogP contribution in [0, 0.1) is 12.7 Å². The number of nitrogens with zero attached hydrogens (tertiary/aromatic N) is 1. The third-order valence-electron chi connectivity index (χ3n) is 2.89. The molecule has 0 bridgehead atoms. The molecule has 2 heterocycles. The number of thiophene rings is 1. The fraction of sp³-hybridized carbons (Fsp3) is 0.0714. The van der Waals surface area contributed by atoms with Gasteiger partial charge in [0.1, 0.15) is 11.5 Å². The van der Waals surface area contributed by atoms with Gasteiger partial charge in [-0.2, -0.15) is 0 Å². The molecule has 6 heteroatoms. The highest BCUT2D eigenvalue weighted by Gasteiger charge is 2.20. The molecule has 2 N–H and O–H groups in total. The van der Waals surface area contributed by atoms with Gasteiger partial charge in [0.25, 0.3) is 0 Å². The zero-order valence-electron chi connectivity index (χ0n) is 10.5. The number of halogens is 2. The lowest BCUT2D eigenvalue weighted by atomic mass is 10.0. The summed E-state index contributed by atoms with van der Waals surface area (Å²) < 4.78 is 18.2. The lowest BCUT2D eigenvalue weighted by Crippen LogP contribution is -1.88. The highest BCUT2D eigenvalue weighted by atomic mass is 35.5. The van der Waals surface area contributed by atoms with Crippen molar-refractivity contribution in [3.8, 4) is 21.7 Å². The van der Waals surface area contributed by atoms with Crippen LogP contribution >= 0.6 is 22.9 Å². The minimum Gasteiger partial charge on any atom is -0.367 e. The summed E-state index contributed by atoms with van der Waals surface area (Å²) in [5, 5.41) is 4.27. The topological polar surface area (TPSA) is 52.0 Å². The van der Waals surface area contributed by atoms with E-state index in [1.807, 2.05) is 19.1 Å². The predicted octanol–water partition coefficient (Wildman–Crippen LogP) is 4.75. The first kappa shape index (κ1) is 13.1. The van der Waals surface area contributed by atoms with Crippen LogP contribution in [0.15, 0.2) is 34.9 Å². The van der Waals surface area contributed by atoms with Gasteiger partial charge in [-0.05, 0) is 37.3 Å². The summed E-state index contributed by atoms with van der Waals surface area (Å²) in [6, 6.07) is 8.08. The quantitative estimate of drug-likeness (QED) is 0.743. The molecule has 0 aliphatic rings. The Morgan fingerprint density at radius 1 is 1.30 bits per heavy atom. The average Bonchev–Trinajstić information content (AvgIpc) is 2.96. The molecule has 0 saturated heterocycles. The van der Waals surface area contributed by atoms with Crippen LogP contribution in [-0.2, 0) is 0 Å². The molecule has 20 heavy (non-hydrogen) atoms. The largest absolute Gasteiger partial charge is 0.367 e. The Bertz CT molecular complexity index is 781. The van der Waals surface area contributed by atoms with Crippen molar-refractivity contribution in [3.05, 3.63) is 46.0 Å². The van der Waals surface area contributed by atoms with Gasteiger partial charge in [0.15, 0.2) is 0 Å². The first-order valence-corrected chi connectivity index (χ1v) is 7.03. The Balaban J connectivity index is 2.21. The second-order valence-electron chi connectivity index (χ2n) is 4.30. The molecule has 0 aliphatic carbocycles. The molecule has 2 aromatic heterocycles. The van der Waals surface area contributed by atoms with Gasteiger partial charge in [-0.1, -0.05) is 16.8 Å². The van der Waals surface area contributed by atoms with Crippen LogP contribution in [-0.4, -0.2) is 5.16 Å². The van der Waals surface area contributed by atoms with Crippen molar-refractivity contribution in [2.45, 2.75) is 6.92 Å². The van der Waals surface area contributed by atoms with Gasteiger partial charge in [0.05, 0.1) is 15.5 Å². The zero-order valence-corrected chi connectivity index (χ0v) is 12.1. The number of anilines is 1. The monoisotopic (exact) mass is 308 g/mol. The van der Waals surface area contributed by atoms with Crippen molar-refractivity contribution in [1.29, 1.82) is 0 Å². The smallest absolute Gasteiger partial charge is 0.230 e. The summed E-state index contributed by atoms with van der Waals surface area (Å²) in [5.74, 6) is -0.234. The van der Waals surface area contributed by atoms with Crippen molar-refractivity contribution in [2.24, 2.45) is 0 Å². The molecular formula is C14H10ClFN2OS. The maximum atomic E-state index is 13.2. The Morgan fingerprint density at radius 2 is 2.10 bits per heavy atom. The van der Waals surface area contributed by atoms with E-state index in [0.29, 0.717) is 16.8 Å². The van der Waals surface area contributed by atoms with Crippen molar-refractivity contribution in [2.75, 3.05) is 5.73 Å². The first-order valence-electron chi connectivity index (χ1n) is 5.83. The fourth-order valence-corrected chi connectivity index (χ4v) is 3.10. The second-order valence-corrected chi connectivity index (χ2v) is 6.00. The molecule has 0 radical (unpaired) electrons. The number of aryl methyl sites for hydroxylation is 1.